The number of hydroxylamine groups is 6. The summed E-state index contributed by atoms with van der Waals surface area (Å²) in [4.78, 5) is 42.5. The first kappa shape index (κ1) is 20.7. The molecular formula is C11H18N2O10. The molecule has 23 heavy (non-hydrogen) atoms. The highest BCUT2D eigenvalue weighted by Gasteiger charge is 2.28. The monoisotopic (exact) mass is 338 g/mol. The summed E-state index contributed by atoms with van der Waals surface area (Å²) in [6.45, 7) is -5.29. The summed E-state index contributed by atoms with van der Waals surface area (Å²) in [5, 5.41) is 58.7. The van der Waals surface area contributed by atoms with Crippen molar-refractivity contribution in [2.24, 2.45) is 0 Å². The number of rotatable bonds is 12. The summed E-state index contributed by atoms with van der Waals surface area (Å²) in [5.41, 5.74) is 0. The van der Waals surface area contributed by atoms with Gasteiger partial charge in [0.25, 0.3) is 0 Å². The van der Waals surface area contributed by atoms with E-state index in [4.69, 9.17) is 20.4 Å². The number of hydrogen-bond donors (Lipinski definition) is 4. The molecule has 0 rings (SSSR count). The predicted molar refractivity (Wildman–Crippen MR) is 71.6 cm³/mol. The van der Waals surface area contributed by atoms with E-state index in [1.165, 1.54) is 0 Å². The van der Waals surface area contributed by atoms with Crippen LogP contribution >= 0.6 is 0 Å². The Bertz CT molecular complexity index is 403. The van der Waals surface area contributed by atoms with Gasteiger partial charge in [0, 0.05) is 6.42 Å². The third kappa shape index (κ3) is 9.36. The lowest BCUT2D eigenvalue weighted by Gasteiger charge is -2.43. The third-order valence-electron chi connectivity index (χ3n) is 2.82. The normalized spacial score (nSPS) is 11.9. The maximum absolute atomic E-state index is 12.1. The second-order valence-corrected chi connectivity index (χ2v) is 5.12. The Kier molecular flexibility index (Phi) is 7.55. The molecule has 0 aliphatic rings. The van der Waals surface area contributed by atoms with E-state index in [1.54, 1.807) is 0 Å². The molecule has 0 fully saturated rings. The molecule has 0 heterocycles. The fourth-order valence-corrected chi connectivity index (χ4v) is 2.06. The van der Waals surface area contributed by atoms with Gasteiger partial charge >= 0.3 is 23.9 Å². The number of carboxylic acids is 4. The van der Waals surface area contributed by atoms with Crippen molar-refractivity contribution in [3.05, 3.63) is 10.4 Å². The largest absolute Gasteiger partial charge is 0.632 e. The van der Waals surface area contributed by atoms with Gasteiger partial charge in [-0.05, 0) is 0 Å². The minimum atomic E-state index is -1.63. The molecule has 0 amide bonds. The first-order valence-electron chi connectivity index (χ1n) is 6.39. The van der Waals surface area contributed by atoms with Gasteiger partial charge in [-0.2, -0.15) is 0 Å². The summed E-state index contributed by atoms with van der Waals surface area (Å²) >= 11 is 0. The molecule has 0 atom stereocenters. The van der Waals surface area contributed by atoms with Gasteiger partial charge in [0.05, 0.1) is 13.1 Å². The Morgan fingerprint density at radius 2 is 0.826 bits per heavy atom. The molecule has 0 aliphatic carbocycles. The van der Waals surface area contributed by atoms with Crippen LogP contribution in [0.2, 0.25) is 0 Å². The molecule has 132 valence electrons. The fourth-order valence-electron chi connectivity index (χ4n) is 2.06. The fraction of sp³-hybridized carbons (Fsp3) is 0.636. The zero-order valence-electron chi connectivity index (χ0n) is 12.1. The first-order chi connectivity index (χ1) is 10.4. The van der Waals surface area contributed by atoms with Crippen LogP contribution in [0.4, 0.5) is 0 Å². The van der Waals surface area contributed by atoms with Crippen LogP contribution in [0.25, 0.3) is 0 Å². The Hall–Kier alpha value is -2.28. The van der Waals surface area contributed by atoms with E-state index in [9.17, 15) is 29.6 Å². The summed E-state index contributed by atoms with van der Waals surface area (Å²) in [6.07, 6.45) is -0.325. The zero-order chi connectivity index (χ0) is 18.3. The van der Waals surface area contributed by atoms with Crippen molar-refractivity contribution in [1.82, 2.24) is 0 Å². The van der Waals surface area contributed by atoms with Gasteiger partial charge in [0.1, 0.15) is 0 Å². The van der Waals surface area contributed by atoms with Gasteiger partial charge in [-0.15, -0.1) is 0 Å². The lowest BCUT2D eigenvalue weighted by molar-refractivity contribution is -0.885. The lowest BCUT2D eigenvalue weighted by atomic mass is 10.3. The number of carboxylic acid groups (broad SMARTS) is 4. The van der Waals surface area contributed by atoms with Crippen molar-refractivity contribution >= 4 is 23.9 Å². The Morgan fingerprint density at radius 3 is 1.00 bits per heavy atom. The van der Waals surface area contributed by atoms with E-state index in [0.29, 0.717) is 0 Å². The van der Waals surface area contributed by atoms with Crippen molar-refractivity contribution in [1.29, 1.82) is 0 Å². The smallest absolute Gasteiger partial charge is 0.359 e. The van der Waals surface area contributed by atoms with Crippen LogP contribution in [0, 0.1) is 10.4 Å². The van der Waals surface area contributed by atoms with E-state index >= 15 is 0 Å². The molecule has 0 saturated carbocycles. The van der Waals surface area contributed by atoms with E-state index < -0.39 is 72.4 Å². The van der Waals surface area contributed by atoms with E-state index in [2.05, 4.69) is 0 Å². The molecule has 12 nitrogen and oxygen atoms in total. The van der Waals surface area contributed by atoms with Crippen molar-refractivity contribution in [3.63, 3.8) is 0 Å². The minimum Gasteiger partial charge on any atom is -0.632 e. The summed E-state index contributed by atoms with van der Waals surface area (Å²) in [7, 11) is 0. The molecule has 0 spiro atoms. The summed E-state index contributed by atoms with van der Waals surface area (Å²) in [6, 6.07) is 0. The van der Waals surface area contributed by atoms with Gasteiger partial charge in [-0.1, -0.05) is 0 Å². The number of hydrogen-bond acceptors (Lipinski definition) is 6. The lowest BCUT2D eigenvalue weighted by Crippen LogP contribution is -2.53. The predicted octanol–water partition coefficient (Wildman–Crippen LogP) is -1.66. The van der Waals surface area contributed by atoms with E-state index in [1.807, 2.05) is 0 Å². The number of carbonyl (C=O) groups is 4. The molecule has 0 aliphatic heterocycles. The molecule has 0 saturated heterocycles. The Labute approximate surface area is 130 Å². The number of quaternary nitrogens is 2. The molecular weight excluding hydrogens is 320 g/mol. The number of nitrogens with zero attached hydrogens (tertiary/aromatic N) is 2. The van der Waals surface area contributed by atoms with Gasteiger partial charge in [0.2, 0.25) is 0 Å². The van der Waals surface area contributed by atoms with Gasteiger partial charge < -0.3 is 40.1 Å². The van der Waals surface area contributed by atoms with Crippen LogP contribution in [-0.2, 0) is 19.2 Å². The van der Waals surface area contributed by atoms with E-state index in [0.717, 1.165) is 0 Å². The minimum absolute atomic E-state index is 0.325. The number of aliphatic carboxylic acids is 4. The maximum Gasteiger partial charge on any atom is 0.359 e. The van der Waals surface area contributed by atoms with Crippen molar-refractivity contribution < 1.29 is 48.9 Å². The highest BCUT2D eigenvalue weighted by Crippen LogP contribution is 2.11. The summed E-state index contributed by atoms with van der Waals surface area (Å²) < 4.78 is -3.27. The van der Waals surface area contributed by atoms with Crippen LogP contribution in [0.1, 0.15) is 6.42 Å². The average molecular weight is 338 g/mol. The average Bonchev–Trinajstić information content (AvgIpc) is 2.22. The molecule has 0 aromatic rings. The quantitative estimate of drug-likeness (QED) is 0.236. The SMILES string of the molecule is O=C(O)C[N+]([O-])(CCC[N+]([O-])(CC(=O)O)CC(=O)O)CC(=O)O. The molecule has 4 N–H and O–H groups in total. The van der Waals surface area contributed by atoms with Gasteiger partial charge in [-0.25, -0.2) is 19.2 Å². The van der Waals surface area contributed by atoms with Crippen LogP contribution in [-0.4, -0.2) is 92.9 Å². The first-order valence-corrected chi connectivity index (χ1v) is 6.39. The topological polar surface area (TPSA) is 195 Å². The standard InChI is InChI=1S/C11H18N2O10/c14-8(15)4-12(22,5-9(16)17)2-1-3-13(23,6-10(18)19)7-11(20)21/h1-7H2,(H,14,15)(H,16,17)(H,18,19)(H,20,21). The maximum atomic E-state index is 12.1. The molecule has 0 bridgehead atoms. The van der Waals surface area contributed by atoms with Crippen LogP contribution < -0.4 is 0 Å². The Morgan fingerprint density at radius 1 is 0.609 bits per heavy atom. The second-order valence-electron chi connectivity index (χ2n) is 5.12. The molecule has 0 unspecified atom stereocenters. The Balaban J connectivity index is 4.86. The van der Waals surface area contributed by atoms with Gasteiger partial charge in [0.15, 0.2) is 26.2 Å². The van der Waals surface area contributed by atoms with Crippen molar-refractivity contribution in [3.8, 4) is 0 Å². The van der Waals surface area contributed by atoms with Crippen LogP contribution in [0.15, 0.2) is 0 Å². The van der Waals surface area contributed by atoms with Crippen molar-refractivity contribution in [2.45, 2.75) is 6.42 Å². The zero-order valence-corrected chi connectivity index (χ0v) is 12.1. The van der Waals surface area contributed by atoms with Gasteiger partial charge in [-0.3, -0.25) is 0 Å². The molecule has 0 aromatic carbocycles. The second kappa shape index (κ2) is 8.38. The third-order valence-corrected chi connectivity index (χ3v) is 2.82. The van der Waals surface area contributed by atoms with Crippen LogP contribution in [0.5, 0.6) is 0 Å². The summed E-state index contributed by atoms with van der Waals surface area (Å²) in [5.74, 6) is -6.11. The molecule has 0 aromatic heterocycles. The molecule has 0 radical (unpaired) electrons. The van der Waals surface area contributed by atoms with E-state index in [-0.39, 0.29) is 6.42 Å². The molecule has 12 heteroatoms. The van der Waals surface area contributed by atoms with Crippen LogP contribution in [0.3, 0.4) is 0 Å². The van der Waals surface area contributed by atoms with Crippen molar-refractivity contribution in [2.75, 3.05) is 39.3 Å². The highest BCUT2D eigenvalue weighted by atomic mass is 16.6. The highest BCUT2D eigenvalue weighted by molar-refractivity contribution is 5.71.